The summed E-state index contributed by atoms with van der Waals surface area (Å²) >= 11 is 0. The van der Waals surface area contributed by atoms with Crippen LogP contribution >= 0.6 is 0 Å². The van der Waals surface area contributed by atoms with Crippen LogP contribution in [0.1, 0.15) is 41.0 Å². The number of rotatable bonds is 1. The van der Waals surface area contributed by atoms with Crippen molar-refractivity contribution in [1.82, 2.24) is 4.90 Å². The van der Waals surface area contributed by atoms with Crippen molar-refractivity contribution >= 4 is 6.09 Å². The fourth-order valence-electron chi connectivity index (χ4n) is 3.32. The Labute approximate surface area is 110 Å². The molecule has 3 rings (SSSR count). The second-order valence-corrected chi connectivity index (χ2v) is 7.09. The van der Waals surface area contributed by atoms with Crippen molar-refractivity contribution in [3.8, 4) is 12.3 Å². The van der Waals surface area contributed by atoms with Crippen LogP contribution in [0.3, 0.4) is 0 Å². The first kappa shape index (κ1) is 13.3. The summed E-state index contributed by atoms with van der Waals surface area (Å²) in [7, 11) is 0. The van der Waals surface area contributed by atoms with Crippen molar-refractivity contribution in [2.45, 2.75) is 52.7 Å². The lowest BCUT2D eigenvalue weighted by Gasteiger charge is -2.44. The number of terminal acetylenes is 1. The predicted molar refractivity (Wildman–Crippen MR) is 70.9 cm³/mol. The lowest BCUT2D eigenvalue weighted by atomic mass is 9.61. The topological polar surface area (TPSA) is 29.5 Å². The van der Waals surface area contributed by atoms with Gasteiger partial charge in [0.2, 0.25) is 0 Å². The van der Waals surface area contributed by atoms with Crippen molar-refractivity contribution in [1.29, 1.82) is 0 Å². The first-order chi connectivity index (χ1) is 8.15. The van der Waals surface area contributed by atoms with E-state index < -0.39 is 5.60 Å². The van der Waals surface area contributed by atoms with Gasteiger partial charge in [-0.1, -0.05) is 0 Å². The Kier molecular flexibility index (Phi) is 2.88. The lowest BCUT2D eigenvalue weighted by Crippen LogP contribution is -2.48. The van der Waals surface area contributed by atoms with Crippen LogP contribution in [-0.2, 0) is 4.74 Å². The van der Waals surface area contributed by atoms with Crippen molar-refractivity contribution < 1.29 is 9.53 Å². The summed E-state index contributed by atoms with van der Waals surface area (Å²) in [5.41, 5.74) is -0.564. The number of amides is 1. The molecule has 0 aromatic rings. The van der Waals surface area contributed by atoms with Gasteiger partial charge in [0.15, 0.2) is 0 Å². The molecule has 0 aromatic heterocycles. The van der Waals surface area contributed by atoms with Gasteiger partial charge in [-0.25, -0.2) is 4.79 Å². The molecule has 2 saturated heterocycles. The second-order valence-electron chi connectivity index (χ2n) is 7.09. The number of hydrogen-bond donors (Lipinski definition) is 0. The van der Waals surface area contributed by atoms with Gasteiger partial charge in [-0.3, -0.25) is 0 Å². The first-order valence-corrected chi connectivity index (χ1v) is 6.63. The fraction of sp³-hybridized carbons (Fsp3) is 0.800. The zero-order valence-electron chi connectivity index (χ0n) is 12.0. The molecule has 3 aliphatic rings. The van der Waals surface area contributed by atoms with Gasteiger partial charge < -0.3 is 9.64 Å². The molecule has 18 heavy (non-hydrogen) atoms. The van der Waals surface area contributed by atoms with E-state index in [4.69, 9.17) is 11.2 Å². The Morgan fingerprint density at radius 3 is 2.44 bits per heavy atom. The smallest absolute Gasteiger partial charge is 0.410 e. The monoisotopic (exact) mass is 249 g/mol. The van der Waals surface area contributed by atoms with E-state index >= 15 is 0 Å². The maximum Gasteiger partial charge on any atom is 0.410 e. The van der Waals surface area contributed by atoms with Gasteiger partial charge in [-0.05, 0) is 47.0 Å². The predicted octanol–water partition coefficient (Wildman–Crippen LogP) is 2.90. The normalized spacial score (nSPS) is 30.7. The molecule has 3 fully saturated rings. The molecule has 1 unspecified atom stereocenters. The first-order valence-electron chi connectivity index (χ1n) is 6.63. The number of ether oxygens (including phenoxy) is 1. The Balaban J connectivity index is 2.05. The van der Waals surface area contributed by atoms with Gasteiger partial charge in [-0.2, -0.15) is 0 Å². The van der Waals surface area contributed by atoms with Crippen LogP contribution in [-0.4, -0.2) is 29.2 Å². The molecule has 3 nitrogen and oxygen atoms in total. The third-order valence-corrected chi connectivity index (χ3v) is 4.13. The van der Waals surface area contributed by atoms with Gasteiger partial charge in [0, 0.05) is 23.9 Å². The number of carbonyl (C=O) groups is 1. The highest BCUT2D eigenvalue weighted by Crippen LogP contribution is 2.54. The summed E-state index contributed by atoms with van der Waals surface area (Å²) in [5, 5.41) is 0. The molecule has 0 N–H and O–H groups in total. The largest absolute Gasteiger partial charge is 0.444 e. The highest BCUT2D eigenvalue weighted by Gasteiger charge is 2.59. The fourth-order valence-corrected chi connectivity index (χ4v) is 3.32. The molecule has 1 aliphatic carbocycles. The summed E-state index contributed by atoms with van der Waals surface area (Å²) in [6.45, 7) is 10.7. The molecule has 3 heteroatoms. The van der Waals surface area contributed by atoms with Gasteiger partial charge in [-0.15, -0.1) is 12.3 Å². The van der Waals surface area contributed by atoms with Crippen molar-refractivity contribution in [2.75, 3.05) is 6.54 Å². The molecule has 1 saturated carbocycles. The average Bonchev–Trinajstić information content (AvgIpc) is 2.71. The third kappa shape index (κ3) is 2.09. The molecule has 3 atom stereocenters. The van der Waals surface area contributed by atoms with E-state index in [1.54, 1.807) is 0 Å². The van der Waals surface area contributed by atoms with Crippen LogP contribution in [0.4, 0.5) is 4.79 Å². The van der Waals surface area contributed by atoms with Crippen LogP contribution in [0.25, 0.3) is 0 Å². The Bertz CT molecular complexity index is 400. The molecule has 100 valence electrons. The minimum Gasteiger partial charge on any atom is -0.444 e. The summed E-state index contributed by atoms with van der Waals surface area (Å²) in [6.07, 6.45) is 6.50. The maximum atomic E-state index is 12.1. The van der Waals surface area contributed by atoms with E-state index in [0.29, 0.717) is 11.8 Å². The Morgan fingerprint density at radius 2 is 1.94 bits per heavy atom. The molecule has 2 aliphatic heterocycles. The number of nitrogens with zero attached hydrogens (tertiary/aromatic N) is 1. The van der Waals surface area contributed by atoms with E-state index in [-0.39, 0.29) is 17.6 Å². The second kappa shape index (κ2) is 3.91. The highest BCUT2D eigenvalue weighted by atomic mass is 16.6. The molecule has 1 amide bonds. The van der Waals surface area contributed by atoms with Crippen LogP contribution in [0.5, 0.6) is 0 Å². The van der Waals surface area contributed by atoms with E-state index in [9.17, 15) is 4.79 Å². The molecular formula is C15H23NO2. The molecule has 0 radical (unpaired) electrons. The van der Waals surface area contributed by atoms with E-state index in [2.05, 4.69) is 19.8 Å². The minimum absolute atomic E-state index is 0.135. The Hall–Kier alpha value is -1.17. The molecule has 0 aromatic carbocycles. The van der Waals surface area contributed by atoms with E-state index in [1.165, 1.54) is 0 Å². The molecule has 2 heterocycles. The zero-order valence-corrected chi connectivity index (χ0v) is 12.0. The van der Waals surface area contributed by atoms with Crippen molar-refractivity contribution in [2.24, 2.45) is 17.3 Å². The minimum atomic E-state index is -0.429. The maximum absolute atomic E-state index is 12.1. The Morgan fingerprint density at radius 1 is 1.33 bits per heavy atom. The van der Waals surface area contributed by atoms with E-state index in [0.717, 1.165) is 13.0 Å². The molecular weight excluding hydrogens is 226 g/mol. The van der Waals surface area contributed by atoms with Gasteiger partial charge >= 0.3 is 6.09 Å². The van der Waals surface area contributed by atoms with Gasteiger partial charge in [0.05, 0.1) is 0 Å². The third-order valence-electron chi connectivity index (χ3n) is 4.13. The van der Waals surface area contributed by atoms with Gasteiger partial charge in [0.25, 0.3) is 0 Å². The molecule has 0 spiro atoms. The van der Waals surface area contributed by atoms with E-state index in [1.807, 2.05) is 25.7 Å². The van der Waals surface area contributed by atoms with Crippen LogP contribution < -0.4 is 0 Å². The summed E-state index contributed by atoms with van der Waals surface area (Å²) in [6, 6.07) is 0.274. The highest BCUT2D eigenvalue weighted by molar-refractivity contribution is 5.70. The zero-order chi connectivity index (χ0) is 13.7. The van der Waals surface area contributed by atoms with Crippen molar-refractivity contribution in [3.63, 3.8) is 0 Å². The standard InChI is InChI=1S/C15H23NO2/c1-7-15(5,6)12-10-8-11(12)16(9-10)13(17)18-14(2,3)4/h1,10-12H,8-9H2,2-6H3/t10-,11-,12?/m0/s1. The quantitative estimate of drug-likeness (QED) is 0.669. The number of hydrogen-bond acceptors (Lipinski definition) is 2. The van der Waals surface area contributed by atoms with Crippen LogP contribution in [0.2, 0.25) is 0 Å². The SMILES string of the molecule is C#CC(C)(C)C1[C@H]2C[C@@H]1N(C(=O)OC(C)(C)C)C2. The van der Waals surface area contributed by atoms with Crippen LogP contribution in [0.15, 0.2) is 0 Å². The summed E-state index contributed by atoms with van der Waals surface area (Å²) in [5.74, 6) is 3.85. The average molecular weight is 249 g/mol. The lowest BCUT2D eigenvalue weighted by molar-refractivity contribution is 0.0128. The van der Waals surface area contributed by atoms with Gasteiger partial charge in [0.1, 0.15) is 5.60 Å². The number of carbonyl (C=O) groups excluding carboxylic acids is 1. The van der Waals surface area contributed by atoms with Crippen molar-refractivity contribution in [3.05, 3.63) is 0 Å². The summed E-state index contributed by atoms with van der Waals surface area (Å²) in [4.78, 5) is 14.0. The summed E-state index contributed by atoms with van der Waals surface area (Å²) < 4.78 is 5.45. The number of fused-ring (bicyclic) bond motifs is 1. The van der Waals surface area contributed by atoms with Crippen LogP contribution in [0, 0.1) is 29.6 Å². The molecule has 2 bridgehead atoms.